The highest BCUT2D eigenvalue weighted by molar-refractivity contribution is 6.42. The molecule has 0 aliphatic carbocycles. The monoisotopic (exact) mass is 238 g/mol. The predicted molar refractivity (Wildman–Crippen MR) is 74.3 cm³/mol. The molecule has 2 aromatic rings. The van der Waals surface area contributed by atoms with Gasteiger partial charge >= 0.3 is 0 Å². The van der Waals surface area contributed by atoms with Crippen LogP contribution in [0.4, 0.5) is 11.4 Å². The first-order valence-corrected chi connectivity index (χ1v) is 5.72. The van der Waals surface area contributed by atoms with E-state index in [9.17, 15) is 4.79 Å². The Morgan fingerprint density at radius 1 is 0.944 bits per heavy atom. The van der Waals surface area contributed by atoms with Gasteiger partial charge in [0.05, 0.1) is 5.69 Å². The van der Waals surface area contributed by atoms with Crippen molar-refractivity contribution < 1.29 is 4.79 Å². The Kier molecular flexibility index (Phi) is 3.86. The van der Waals surface area contributed by atoms with Gasteiger partial charge in [-0.2, -0.15) is 0 Å². The molecule has 3 heteroatoms. The fourth-order valence-corrected chi connectivity index (χ4v) is 1.49. The molecule has 90 valence electrons. The molecule has 0 saturated heterocycles. The van der Waals surface area contributed by atoms with Crippen molar-refractivity contribution in [3.05, 3.63) is 60.7 Å². The maximum atomic E-state index is 11.9. The molecule has 0 radical (unpaired) electrons. The second-order valence-electron chi connectivity index (χ2n) is 3.85. The summed E-state index contributed by atoms with van der Waals surface area (Å²) in [5.41, 5.74) is 1.98. The largest absolute Gasteiger partial charge is 0.321 e. The number of nitrogens with one attached hydrogen (secondary N) is 1. The van der Waals surface area contributed by atoms with Gasteiger partial charge in [0.15, 0.2) is 0 Å². The smallest absolute Gasteiger partial charge is 0.269 e. The van der Waals surface area contributed by atoms with Crippen molar-refractivity contribution in [2.45, 2.75) is 6.92 Å². The molecule has 0 aromatic heterocycles. The first-order valence-electron chi connectivity index (χ1n) is 5.72. The van der Waals surface area contributed by atoms with Crippen molar-refractivity contribution in [3.63, 3.8) is 0 Å². The SMILES string of the molecule is CC(=Nc1ccccc1)C(=O)Nc1ccccc1. The predicted octanol–water partition coefficient (Wildman–Crippen LogP) is 3.42. The van der Waals surface area contributed by atoms with Gasteiger partial charge in [-0.25, -0.2) is 4.99 Å². The summed E-state index contributed by atoms with van der Waals surface area (Å²) >= 11 is 0. The van der Waals surface area contributed by atoms with Crippen LogP contribution in [0.5, 0.6) is 0 Å². The molecule has 2 aromatic carbocycles. The van der Waals surface area contributed by atoms with Crippen LogP contribution in [-0.2, 0) is 4.79 Å². The number of benzene rings is 2. The van der Waals surface area contributed by atoms with Crippen LogP contribution in [0.2, 0.25) is 0 Å². The number of hydrogen-bond acceptors (Lipinski definition) is 2. The summed E-state index contributed by atoms with van der Waals surface area (Å²) in [4.78, 5) is 16.1. The van der Waals surface area contributed by atoms with E-state index in [1.807, 2.05) is 60.7 Å². The molecule has 1 amide bonds. The highest BCUT2D eigenvalue weighted by Crippen LogP contribution is 2.11. The lowest BCUT2D eigenvalue weighted by Gasteiger charge is -2.04. The van der Waals surface area contributed by atoms with Gasteiger partial charge in [-0.05, 0) is 31.2 Å². The molecular weight excluding hydrogens is 224 g/mol. The minimum absolute atomic E-state index is 0.190. The quantitative estimate of drug-likeness (QED) is 0.818. The van der Waals surface area contributed by atoms with Crippen molar-refractivity contribution in [2.75, 3.05) is 5.32 Å². The number of carbonyl (C=O) groups excluding carboxylic acids is 1. The lowest BCUT2D eigenvalue weighted by molar-refractivity contribution is -0.110. The Bertz CT molecular complexity index is 547. The average molecular weight is 238 g/mol. The highest BCUT2D eigenvalue weighted by Gasteiger charge is 2.05. The van der Waals surface area contributed by atoms with Gasteiger partial charge in [-0.3, -0.25) is 4.79 Å². The normalized spacial score (nSPS) is 11.1. The summed E-state index contributed by atoms with van der Waals surface area (Å²) in [6.45, 7) is 1.70. The minimum Gasteiger partial charge on any atom is -0.321 e. The number of amides is 1. The lowest BCUT2D eigenvalue weighted by Crippen LogP contribution is -2.19. The molecule has 3 nitrogen and oxygen atoms in total. The number of anilines is 1. The van der Waals surface area contributed by atoms with E-state index >= 15 is 0 Å². The molecule has 0 fully saturated rings. The molecule has 18 heavy (non-hydrogen) atoms. The molecule has 0 heterocycles. The topological polar surface area (TPSA) is 41.5 Å². The number of nitrogens with zero attached hydrogens (tertiary/aromatic N) is 1. The Morgan fingerprint density at radius 2 is 1.50 bits per heavy atom. The molecule has 0 unspecified atom stereocenters. The van der Waals surface area contributed by atoms with E-state index in [1.165, 1.54) is 0 Å². The van der Waals surface area contributed by atoms with Gasteiger partial charge in [0.2, 0.25) is 0 Å². The third-order valence-corrected chi connectivity index (χ3v) is 2.41. The summed E-state index contributed by atoms with van der Waals surface area (Å²) in [6, 6.07) is 18.7. The van der Waals surface area contributed by atoms with Gasteiger partial charge in [-0.1, -0.05) is 36.4 Å². The van der Waals surface area contributed by atoms with E-state index < -0.39 is 0 Å². The number of carbonyl (C=O) groups is 1. The molecule has 0 atom stereocenters. The molecule has 1 N–H and O–H groups in total. The number of hydrogen-bond donors (Lipinski definition) is 1. The van der Waals surface area contributed by atoms with Crippen molar-refractivity contribution in [3.8, 4) is 0 Å². The molecule has 0 saturated carbocycles. The minimum atomic E-state index is -0.190. The van der Waals surface area contributed by atoms with E-state index in [1.54, 1.807) is 6.92 Å². The zero-order valence-corrected chi connectivity index (χ0v) is 10.1. The summed E-state index contributed by atoms with van der Waals surface area (Å²) in [5.74, 6) is -0.190. The third kappa shape index (κ3) is 3.28. The Morgan fingerprint density at radius 3 is 2.11 bits per heavy atom. The second-order valence-corrected chi connectivity index (χ2v) is 3.85. The van der Waals surface area contributed by atoms with Crippen LogP contribution in [0.25, 0.3) is 0 Å². The van der Waals surface area contributed by atoms with E-state index in [2.05, 4.69) is 10.3 Å². The van der Waals surface area contributed by atoms with Crippen molar-refractivity contribution >= 4 is 23.0 Å². The zero-order valence-electron chi connectivity index (χ0n) is 10.1. The molecule has 0 aliphatic heterocycles. The van der Waals surface area contributed by atoms with Crippen LogP contribution < -0.4 is 5.32 Å². The van der Waals surface area contributed by atoms with E-state index in [0.717, 1.165) is 11.4 Å². The maximum absolute atomic E-state index is 11.9. The summed E-state index contributed by atoms with van der Waals surface area (Å²) in [5, 5.41) is 2.79. The van der Waals surface area contributed by atoms with Gasteiger partial charge in [0.25, 0.3) is 5.91 Å². The van der Waals surface area contributed by atoms with Gasteiger partial charge in [0.1, 0.15) is 5.71 Å². The average Bonchev–Trinajstić information content (AvgIpc) is 2.41. The third-order valence-electron chi connectivity index (χ3n) is 2.41. The van der Waals surface area contributed by atoms with Crippen LogP contribution in [0, 0.1) is 0 Å². The molecule has 0 spiro atoms. The van der Waals surface area contributed by atoms with Gasteiger partial charge in [-0.15, -0.1) is 0 Å². The number of para-hydroxylation sites is 2. The lowest BCUT2D eigenvalue weighted by atomic mass is 10.3. The van der Waals surface area contributed by atoms with Crippen LogP contribution in [0.1, 0.15) is 6.92 Å². The zero-order chi connectivity index (χ0) is 12.8. The van der Waals surface area contributed by atoms with Crippen LogP contribution in [0.15, 0.2) is 65.7 Å². The molecule has 0 bridgehead atoms. The van der Waals surface area contributed by atoms with Gasteiger partial charge in [0, 0.05) is 5.69 Å². The second kappa shape index (κ2) is 5.77. The fraction of sp³-hybridized carbons (Fsp3) is 0.0667. The van der Waals surface area contributed by atoms with Crippen molar-refractivity contribution in [2.24, 2.45) is 4.99 Å². The molecular formula is C15H14N2O. The summed E-state index contributed by atoms with van der Waals surface area (Å²) < 4.78 is 0. The Labute approximate surface area is 106 Å². The number of rotatable bonds is 3. The Hall–Kier alpha value is -2.42. The highest BCUT2D eigenvalue weighted by atomic mass is 16.1. The number of aliphatic imine (C=N–C) groups is 1. The fourth-order valence-electron chi connectivity index (χ4n) is 1.49. The van der Waals surface area contributed by atoms with Crippen LogP contribution in [0.3, 0.4) is 0 Å². The standard InChI is InChI=1S/C15H14N2O/c1-12(16-13-8-4-2-5-9-13)15(18)17-14-10-6-3-7-11-14/h2-11H,1H3,(H,17,18). The summed E-state index contributed by atoms with van der Waals surface area (Å²) in [7, 11) is 0. The van der Waals surface area contributed by atoms with Crippen LogP contribution in [-0.4, -0.2) is 11.6 Å². The van der Waals surface area contributed by atoms with E-state index in [4.69, 9.17) is 0 Å². The first-order chi connectivity index (χ1) is 8.75. The first kappa shape index (κ1) is 12.0. The van der Waals surface area contributed by atoms with Crippen LogP contribution >= 0.6 is 0 Å². The molecule has 0 aliphatic rings. The van der Waals surface area contributed by atoms with Gasteiger partial charge < -0.3 is 5.32 Å². The maximum Gasteiger partial charge on any atom is 0.269 e. The van der Waals surface area contributed by atoms with E-state index in [0.29, 0.717) is 5.71 Å². The summed E-state index contributed by atoms with van der Waals surface area (Å²) in [6.07, 6.45) is 0. The van der Waals surface area contributed by atoms with Crippen molar-refractivity contribution in [1.29, 1.82) is 0 Å². The van der Waals surface area contributed by atoms with E-state index in [-0.39, 0.29) is 5.91 Å². The van der Waals surface area contributed by atoms with Crippen molar-refractivity contribution in [1.82, 2.24) is 0 Å². The Balaban J connectivity index is 2.08. The molecule has 2 rings (SSSR count).